The Balaban J connectivity index is 3.00. The zero-order valence-electron chi connectivity index (χ0n) is 9.37. The van der Waals surface area contributed by atoms with Gasteiger partial charge in [-0.3, -0.25) is 14.9 Å². The summed E-state index contributed by atoms with van der Waals surface area (Å²) in [6.07, 6.45) is 0. The number of benzene rings is 1. The summed E-state index contributed by atoms with van der Waals surface area (Å²) in [6, 6.07) is 3.12. The summed E-state index contributed by atoms with van der Waals surface area (Å²) in [5.74, 6) is -1.91. The third kappa shape index (κ3) is 3.17. The standard InChI is InChI=1S/C10H10N2O6/c1-11-9(13)5-18-8-3-2-6(12(16)17)4-7(8)10(14)15/h2-4H,5H2,1H3,(H,11,13)(H,14,15). The molecule has 8 heteroatoms. The number of amides is 1. The summed E-state index contributed by atoms with van der Waals surface area (Å²) in [5, 5.41) is 21.7. The summed E-state index contributed by atoms with van der Waals surface area (Å²) in [5.41, 5.74) is -0.729. The van der Waals surface area contributed by atoms with Gasteiger partial charge in [-0.2, -0.15) is 0 Å². The first-order valence-electron chi connectivity index (χ1n) is 4.80. The molecule has 0 saturated heterocycles. The van der Waals surface area contributed by atoms with Crippen LogP contribution in [0.5, 0.6) is 5.75 Å². The highest BCUT2D eigenvalue weighted by Crippen LogP contribution is 2.24. The van der Waals surface area contributed by atoms with Crippen molar-refractivity contribution in [3.05, 3.63) is 33.9 Å². The van der Waals surface area contributed by atoms with Crippen LogP contribution in [0.1, 0.15) is 10.4 Å². The van der Waals surface area contributed by atoms with Gasteiger partial charge < -0.3 is 15.2 Å². The van der Waals surface area contributed by atoms with Crippen molar-refractivity contribution in [1.82, 2.24) is 5.32 Å². The van der Waals surface area contributed by atoms with E-state index in [4.69, 9.17) is 9.84 Å². The molecule has 1 aromatic carbocycles. The number of carbonyl (C=O) groups excluding carboxylic acids is 1. The number of ether oxygens (including phenoxy) is 1. The fourth-order valence-electron chi connectivity index (χ4n) is 1.14. The highest BCUT2D eigenvalue weighted by Gasteiger charge is 2.17. The lowest BCUT2D eigenvalue weighted by Crippen LogP contribution is -2.25. The van der Waals surface area contributed by atoms with Gasteiger partial charge in [0.2, 0.25) is 0 Å². The zero-order chi connectivity index (χ0) is 13.7. The third-order valence-electron chi connectivity index (χ3n) is 2.04. The predicted molar refractivity (Wildman–Crippen MR) is 59.6 cm³/mol. The maximum atomic E-state index is 10.9. The SMILES string of the molecule is CNC(=O)COc1ccc([N+](=O)[O-])cc1C(=O)O. The maximum absolute atomic E-state index is 10.9. The van der Waals surface area contributed by atoms with Gasteiger partial charge in [0.1, 0.15) is 11.3 Å². The van der Waals surface area contributed by atoms with Crippen LogP contribution in [0.15, 0.2) is 18.2 Å². The van der Waals surface area contributed by atoms with Crippen LogP contribution in [0.25, 0.3) is 0 Å². The summed E-state index contributed by atoms with van der Waals surface area (Å²) in [4.78, 5) is 31.7. The van der Waals surface area contributed by atoms with Gasteiger partial charge in [-0.05, 0) is 6.07 Å². The van der Waals surface area contributed by atoms with Crippen LogP contribution >= 0.6 is 0 Å². The average molecular weight is 254 g/mol. The number of aromatic carboxylic acids is 1. The number of nitro groups is 1. The summed E-state index contributed by atoms with van der Waals surface area (Å²) in [6.45, 7) is -0.366. The van der Waals surface area contributed by atoms with Gasteiger partial charge in [0.05, 0.1) is 4.92 Å². The summed E-state index contributed by atoms with van der Waals surface area (Å²) < 4.78 is 4.97. The number of hydrogen-bond acceptors (Lipinski definition) is 5. The normalized spacial score (nSPS) is 9.61. The second-order valence-corrected chi connectivity index (χ2v) is 3.20. The molecule has 0 spiro atoms. The average Bonchev–Trinajstić information content (AvgIpc) is 2.35. The molecular formula is C10H10N2O6. The van der Waals surface area contributed by atoms with Crippen LogP contribution in [0.4, 0.5) is 5.69 Å². The number of nitrogens with one attached hydrogen (secondary N) is 1. The van der Waals surface area contributed by atoms with Crippen LogP contribution in [0, 0.1) is 10.1 Å². The molecule has 0 heterocycles. The maximum Gasteiger partial charge on any atom is 0.339 e. The molecule has 0 atom stereocenters. The molecule has 8 nitrogen and oxygen atoms in total. The monoisotopic (exact) mass is 254 g/mol. The third-order valence-corrected chi connectivity index (χ3v) is 2.04. The van der Waals surface area contributed by atoms with E-state index in [1.807, 2.05) is 0 Å². The number of carbonyl (C=O) groups is 2. The number of hydrogen-bond donors (Lipinski definition) is 2. The van der Waals surface area contributed by atoms with E-state index in [2.05, 4.69) is 5.32 Å². The van der Waals surface area contributed by atoms with Crippen LogP contribution in [-0.2, 0) is 4.79 Å². The highest BCUT2D eigenvalue weighted by atomic mass is 16.6. The first-order valence-corrected chi connectivity index (χ1v) is 4.80. The van der Waals surface area contributed by atoms with Gasteiger partial charge in [-0.25, -0.2) is 4.79 Å². The molecular weight excluding hydrogens is 244 g/mol. The Labute approximate surface area is 101 Å². The van der Waals surface area contributed by atoms with Gasteiger partial charge in [0.25, 0.3) is 11.6 Å². The van der Waals surface area contributed by atoms with Gasteiger partial charge in [0, 0.05) is 19.2 Å². The first kappa shape index (κ1) is 13.4. The minimum absolute atomic E-state index is 0.100. The molecule has 0 radical (unpaired) electrons. The number of non-ortho nitro benzene ring substituents is 1. The van der Waals surface area contributed by atoms with Crippen molar-refractivity contribution in [2.24, 2.45) is 0 Å². The van der Waals surface area contributed by atoms with E-state index in [0.29, 0.717) is 0 Å². The van der Waals surface area contributed by atoms with E-state index >= 15 is 0 Å². The van der Waals surface area contributed by atoms with Crippen LogP contribution in [-0.4, -0.2) is 35.6 Å². The molecule has 1 rings (SSSR count). The minimum Gasteiger partial charge on any atom is -0.483 e. The van der Waals surface area contributed by atoms with E-state index in [1.54, 1.807) is 0 Å². The van der Waals surface area contributed by atoms with Crippen molar-refractivity contribution < 1.29 is 24.4 Å². The van der Waals surface area contributed by atoms with Crippen molar-refractivity contribution >= 4 is 17.6 Å². The van der Waals surface area contributed by atoms with Crippen molar-refractivity contribution in [3.63, 3.8) is 0 Å². The fraction of sp³-hybridized carbons (Fsp3) is 0.200. The number of carboxylic acids is 1. The van der Waals surface area contributed by atoms with Crippen molar-refractivity contribution in [2.75, 3.05) is 13.7 Å². The van der Waals surface area contributed by atoms with Crippen LogP contribution in [0.2, 0.25) is 0 Å². The predicted octanol–water partition coefficient (Wildman–Crippen LogP) is 0.418. The zero-order valence-corrected chi connectivity index (χ0v) is 9.37. The Morgan fingerprint density at radius 2 is 2.17 bits per heavy atom. The van der Waals surface area contributed by atoms with E-state index in [0.717, 1.165) is 18.2 Å². The molecule has 18 heavy (non-hydrogen) atoms. The number of rotatable bonds is 5. The molecule has 0 saturated carbocycles. The molecule has 1 aromatic rings. The second-order valence-electron chi connectivity index (χ2n) is 3.20. The van der Waals surface area contributed by atoms with Gasteiger partial charge in [-0.15, -0.1) is 0 Å². The van der Waals surface area contributed by atoms with E-state index in [9.17, 15) is 19.7 Å². The van der Waals surface area contributed by atoms with Crippen LogP contribution < -0.4 is 10.1 Å². The molecule has 0 fully saturated rings. The Morgan fingerprint density at radius 3 is 2.67 bits per heavy atom. The molecule has 0 aliphatic carbocycles. The van der Waals surface area contributed by atoms with Gasteiger partial charge in [0.15, 0.2) is 6.61 Å². The summed E-state index contributed by atoms with van der Waals surface area (Å²) in [7, 11) is 1.40. The number of nitro benzene ring substituents is 1. The molecule has 0 aromatic heterocycles. The Kier molecular flexibility index (Phi) is 4.19. The van der Waals surface area contributed by atoms with E-state index in [1.165, 1.54) is 7.05 Å². The molecule has 0 aliphatic rings. The van der Waals surface area contributed by atoms with Gasteiger partial charge >= 0.3 is 5.97 Å². The molecule has 0 bridgehead atoms. The number of likely N-dealkylation sites (N-methyl/N-ethyl adjacent to an activating group) is 1. The largest absolute Gasteiger partial charge is 0.483 e. The number of carboxylic acid groups (broad SMARTS) is 1. The molecule has 0 aliphatic heterocycles. The minimum atomic E-state index is -1.37. The fourth-order valence-corrected chi connectivity index (χ4v) is 1.14. The van der Waals surface area contributed by atoms with Crippen molar-refractivity contribution in [3.8, 4) is 5.75 Å². The molecule has 96 valence electrons. The molecule has 2 N–H and O–H groups in total. The lowest BCUT2D eigenvalue weighted by atomic mass is 10.2. The highest BCUT2D eigenvalue weighted by molar-refractivity contribution is 5.92. The van der Waals surface area contributed by atoms with Crippen molar-refractivity contribution in [1.29, 1.82) is 0 Å². The quantitative estimate of drug-likeness (QED) is 0.580. The topological polar surface area (TPSA) is 119 Å². The Morgan fingerprint density at radius 1 is 1.50 bits per heavy atom. The van der Waals surface area contributed by atoms with E-state index < -0.39 is 16.8 Å². The van der Waals surface area contributed by atoms with Gasteiger partial charge in [-0.1, -0.05) is 0 Å². The first-order chi connectivity index (χ1) is 8.45. The summed E-state index contributed by atoms with van der Waals surface area (Å²) >= 11 is 0. The van der Waals surface area contributed by atoms with Crippen molar-refractivity contribution in [2.45, 2.75) is 0 Å². The number of nitrogens with zero attached hydrogens (tertiary/aromatic N) is 1. The Bertz CT molecular complexity index is 499. The van der Waals surface area contributed by atoms with E-state index in [-0.39, 0.29) is 23.6 Å². The second kappa shape index (κ2) is 5.62. The Hall–Kier alpha value is -2.64. The van der Waals surface area contributed by atoms with Crippen LogP contribution in [0.3, 0.4) is 0 Å². The lowest BCUT2D eigenvalue weighted by Gasteiger charge is -2.07. The lowest BCUT2D eigenvalue weighted by molar-refractivity contribution is -0.384. The smallest absolute Gasteiger partial charge is 0.339 e. The molecule has 1 amide bonds. The molecule has 0 unspecified atom stereocenters.